The van der Waals surface area contributed by atoms with Crippen molar-refractivity contribution < 1.29 is 9.47 Å². The Kier molecular flexibility index (Phi) is 5.77. The summed E-state index contributed by atoms with van der Waals surface area (Å²) in [5.74, 6) is 0.857. The second-order valence-electron chi connectivity index (χ2n) is 8.98. The van der Waals surface area contributed by atoms with Crippen LogP contribution in [0.2, 0.25) is 0 Å². The van der Waals surface area contributed by atoms with Crippen molar-refractivity contribution in [3.8, 4) is 28.0 Å². The minimum Gasteiger partial charge on any atom is -0.495 e. The Bertz CT molecular complexity index is 1260. The van der Waals surface area contributed by atoms with Crippen LogP contribution in [-0.4, -0.2) is 37.4 Å². The number of hydrogen-bond donors (Lipinski definition) is 0. The third kappa shape index (κ3) is 4.19. The number of nitrogens with zero attached hydrogens (tertiary/aromatic N) is 2. The maximum atomic E-state index is 5.93. The average Bonchev–Trinajstić information content (AvgIpc) is 2.83. The molecular formula is C29H30N2O2. The topological polar surface area (TPSA) is 34.6 Å². The first kappa shape index (κ1) is 21.5. The molecule has 0 spiro atoms. The van der Waals surface area contributed by atoms with Crippen LogP contribution in [-0.2, 0) is 4.74 Å². The van der Waals surface area contributed by atoms with Crippen molar-refractivity contribution in [3.63, 3.8) is 0 Å². The molecule has 3 aromatic carbocycles. The fourth-order valence-electron chi connectivity index (χ4n) is 4.83. The number of fused-ring (bicyclic) bond motifs is 1. The third-order valence-corrected chi connectivity index (χ3v) is 6.38. The van der Waals surface area contributed by atoms with Crippen molar-refractivity contribution in [1.29, 1.82) is 0 Å². The summed E-state index contributed by atoms with van der Waals surface area (Å²) in [4.78, 5) is 7.29. The Morgan fingerprint density at radius 1 is 0.848 bits per heavy atom. The molecule has 1 saturated heterocycles. The maximum Gasteiger partial charge on any atom is 0.137 e. The van der Waals surface area contributed by atoms with Gasteiger partial charge in [0.15, 0.2) is 0 Å². The molecule has 1 aliphatic rings. The van der Waals surface area contributed by atoms with Crippen LogP contribution in [0.15, 0.2) is 72.9 Å². The molecule has 1 fully saturated rings. The van der Waals surface area contributed by atoms with Crippen molar-refractivity contribution in [3.05, 3.63) is 78.5 Å². The van der Waals surface area contributed by atoms with Gasteiger partial charge in [-0.2, -0.15) is 0 Å². The summed E-state index contributed by atoms with van der Waals surface area (Å²) in [6, 6.07) is 23.6. The molecule has 0 saturated carbocycles. The van der Waals surface area contributed by atoms with E-state index in [0.29, 0.717) is 0 Å². The van der Waals surface area contributed by atoms with Gasteiger partial charge in [0.1, 0.15) is 5.75 Å². The zero-order valence-corrected chi connectivity index (χ0v) is 19.7. The monoisotopic (exact) mass is 438 g/mol. The molecule has 4 aromatic rings. The SMILES string of the molecule is COc1c(-c2ccc(N3C[C@@H](C)O[C@@H](C)C3)cc2)cnc2c(-c3ccc(C)cc3)cccc12. The van der Waals surface area contributed by atoms with E-state index in [0.717, 1.165) is 52.0 Å². The number of aromatic nitrogens is 1. The van der Waals surface area contributed by atoms with Crippen molar-refractivity contribution in [1.82, 2.24) is 4.98 Å². The number of anilines is 1. The molecule has 1 aliphatic heterocycles. The fraction of sp³-hybridized carbons (Fsp3) is 0.276. The molecule has 0 amide bonds. The highest BCUT2D eigenvalue weighted by Crippen LogP contribution is 2.39. The fourth-order valence-corrected chi connectivity index (χ4v) is 4.83. The summed E-state index contributed by atoms with van der Waals surface area (Å²) in [5.41, 5.74) is 7.79. The number of benzene rings is 3. The minimum atomic E-state index is 0.237. The van der Waals surface area contributed by atoms with Crippen LogP contribution < -0.4 is 9.64 Å². The van der Waals surface area contributed by atoms with Gasteiger partial charge in [-0.3, -0.25) is 4.98 Å². The summed E-state index contributed by atoms with van der Waals surface area (Å²) < 4.78 is 11.8. The number of ether oxygens (including phenoxy) is 2. The molecule has 4 nitrogen and oxygen atoms in total. The highest BCUT2D eigenvalue weighted by atomic mass is 16.5. The zero-order valence-electron chi connectivity index (χ0n) is 19.7. The number of methoxy groups -OCH3 is 1. The number of morpholine rings is 1. The van der Waals surface area contributed by atoms with E-state index in [2.05, 4.69) is 92.4 Å². The Hall–Kier alpha value is -3.37. The van der Waals surface area contributed by atoms with Gasteiger partial charge in [-0.15, -0.1) is 0 Å². The van der Waals surface area contributed by atoms with Crippen molar-refractivity contribution in [2.75, 3.05) is 25.1 Å². The van der Waals surface area contributed by atoms with Crippen LogP contribution in [0, 0.1) is 6.92 Å². The van der Waals surface area contributed by atoms with E-state index >= 15 is 0 Å². The van der Waals surface area contributed by atoms with Gasteiger partial charge in [-0.1, -0.05) is 54.1 Å². The van der Waals surface area contributed by atoms with Crippen LogP contribution in [0.25, 0.3) is 33.2 Å². The van der Waals surface area contributed by atoms with Gasteiger partial charge in [0, 0.05) is 41.5 Å². The summed E-state index contributed by atoms with van der Waals surface area (Å²) in [6.07, 6.45) is 2.41. The van der Waals surface area contributed by atoms with E-state index in [1.807, 2.05) is 6.20 Å². The maximum absolute atomic E-state index is 5.93. The smallest absolute Gasteiger partial charge is 0.137 e. The largest absolute Gasteiger partial charge is 0.495 e. The summed E-state index contributed by atoms with van der Waals surface area (Å²) in [5, 5.41) is 1.02. The Labute approximate surface area is 195 Å². The molecule has 1 aromatic heterocycles. The lowest BCUT2D eigenvalue weighted by molar-refractivity contribution is -0.00521. The number of para-hydroxylation sites is 1. The van der Waals surface area contributed by atoms with Crippen LogP contribution in [0.3, 0.4) is 0 Å². The molecule has 168 valence electrons. The van der Waals surface area contributed by atoms with Gasteiger partial charge in [-0.25, -0.2) is 0 Å². The Balaban J connectivity index is 1.53. The van der Waals surface area contributed by atoms with Crippen molar-refractivity contribution in [2.45, 2.75) is 33.0 Å². The van der Waals surface area contributed by atoms with Crippen LogP contribution in [0.5, 0.6) is 5.75 Å². The molecule has 2 heterocycles. The minimum absolute atomic E-state index is 0.237. The van der Waals surface area contributed by atoms with Crippen LogP contribution >= 0.6 is 0 Å². The zero-order chi connectivity index (χ0) is 22.9. The summed E-state index contributed by atoms with van der Waals surface area (Å²) in [7, 11) is 1.74. The first-order valence-electron chi connectivity index (χ1n) is 11.6. The molecular weight excluding hydrogens is 408 g/mol. The summed E-state index contributed by atoms with van der Waals surface area (Å²) >= 11 is 0. The van der Waals surface area contributed by atoms with Gasteiger partial charge in [-0.05, 0) is 50.1 Å². The van der Waals surface area contributed by atoms with E-state index in [-0.39, 0.29) is 12.2 Å². The quantitative estimate of drug-likeness (QED) is 0.364. The van der Waals surface area contributed by atoms with Crippen LogP contribution in [0.4, 0.5) is 5.69 Å². The van der Waals surface area contributed by atoms with Crippen molar-refractivity contribution in [2.24, 2.45) is 0 Å². The predicted octanol–water partition coefficient (Wildman–Crippen LogP) is 6.50. The molecule has 0 unspecified atom stereocenters. The van der Waals surface area contributed by atoms with Crippen LogP contribution in [0.1, 0.15) is 19.4 Å². The number of hydrogen-bond acceptors (Lipinski definition) is 4. The third-order valence-electron chi connectivity index (χ3n) is 6.38. The Morgan fingerprint density at radius 3 is 2.15 bits per heavy atom. The van der Waals surface area contributed by atoms with Gasteiger partial charge >= 0.3 is 0 Å². The molecule has 5 rings (SSSR count). The number of aryl methyl sites for hydroxylation is 1. The normalized spacial score (nSPS) is 18.5. The molecule has 0 N–H and O–H groups in total. The number of rotatable bonds is 4. The van der Waals surface area contributed by atoms with Gasteiger partial charge in [0.05, 0.1) is 24.8 Å². The van der Waals surface area contributed by atoms with E-state index < -0.39 is 0 Å². The lowest BCUT2D eigenvalue weighted by atomic mass is 9.98. The molecule has 33 heavy (non-hydrogen) atoms. The molecule has 0 radical (unpaired) electrons. The van der Waals surface area contributed by atoms with E-state index in [1.165, 1.54) is 11.3 Å². The first-order valence-corrected chi connectivity index (χ1v) is 11.6. The molecule has 4 heteroatoms. The molecule has 0 bridgehead atoms. The van der Waals surface area contributed by atoms with Gasteiger partial charge < -0.3 is 14.4 Å². The molecule has 0 aliphatic carbocycles. The van der Waals surface area contributed by atoms with Gasteiger partial charge in [0.25, 0.3) is 0 Å². The second kappa shape index (κ2) is 8.87. The highest BCUT2D eigenvalue weighted by molar-refractivity contribution is 6.00. The number of pyridine rings is 1. The first-order chi connectivity index (χ1) is 16.0. The lowest BCUT2D eigenvalue weighted by Gasteiger charge is -2.36. The average molecular weight is 439 g/mol. The van der Waals surface area contributed by atoms with E-state index in [9.17, 15) is 0 Å². The summed E-state index contributed by atoms with van der Waals surface area (Å²) in [6.45, 7) is 8.19. The van der Waals surface area contributed by atoms with E-state index in [1.54, 1.807) is 7.11 Å². The van der Waals surface area contributed by atoms with Gasteiger partial charge in [0.2, 0.25) is 0 Å². The molecule has 2 atom stereocenters. The lowest BCUT2D eigenvalue weighted by Crippen LogP contribution is -2.45. The Morgan fingerprint density at radius 2 is 1.48 bits per heavy atom. The second-order valence-corrected chi connectivity index (χ2v) is 8.98. The standard InChI is InChI=1S/C29H30N2O2/c1-19-8-10-22(11-9-19)25-6-5-7-26-28(25)30-16-27(29(26)32-4)23-12-14-24(15-13-23)31-17-20(2)33-21(3)18-31/h5-16,20-21H,17-18H2,1-4H3/t20-,21+. The van der Waals surface area contributed by atoms with E-state index in [4.69, 9.17) is 14.5 Å². The van der Waals surface area contributed by atoms with Crippen molar-refractivity contribution >= 4 is 16.6 Å². The highest BCUT2D eigenvalue weighted by Gasteiger charge is 2.22. The predicted molar refractivity (Wildman–Crippen MR) is 136 cm³/mol.